The minimum Gasteiger partial charge on any atom is -0.379 e. The van der Waals surface area contributed by atoms with Gasteiger partial charge in [-0.05, 0) is 48.6 Å². The molecule has 0 atom stereocenters. The van der Waals surface area contributed by atoms with E-state index in [-0.39, 0.29) is 0 Å². The number of fused-ring (bicyclic) bond motifs is 1. The van der Waals surface area contributed by atoms with Crippen LogP contribution < -0.4 is 5.90 Å². The quantitative estimate of drug-likeness (QED) is 0.590. The van der Waals surface area contributed by atoms with E-state index >= 15 is 0 Å². The highest BCUT2D eigenvalue weighted by Crippen LogP contribution is 2.33. The molecule has 2 aromatic heterocycles. The lowest BCUT2D eigenvalue weighted by Crippen LogP contribution is -2.35. The van der Waals surface area contributed by atoms with Crippen molar-refractivity contribution in [1.82, 2.24) is 19.9 Å². The number of aromatic amines is 1. The molecule has 7 heteroatoms. The van der Waals surface area contributed by atoms with Crippen molar-refractivity contribution in [2.45, 2.75) is 25.8 Å². The molecule has 0 spiro atoms. The molecule has 0 amide bonds. The average molecular weight is 393 g/mol. The van der Waals surface area contributed by atoms with Gasteiger partial charge in [0.05, 0.1) is 31.1 Å². The van der Waals surface area contributed by atoms with Crippen LogP contribution in [0.25, 0.3) is 22.5 Å². The van der Waals surface area contributed by atoms with Gasteiger partial charge in [-0.15, -0.1) is 0 Å². The van der Waals surface area contributed by atoms with Crippen LogP contribution in [0.4, 0.5) is 0 Å². The lowest BCUT2D eigenvalue weighted by Gasteiger charge is -2.25. The van der Waals surface area contributed by atoms with Crippen molar-refractivity contribution in [3.05, 3.63) is 59.7 Å². The monoisotopic (exact) mass is 393 g/mol. The second-order valence-electron chi connectivity index (χ2n) is 7.37. The zero-order valence-electron chi connectivity index (χ0n) is 16.5. The minimum absolute atomic E-state index is 0.801. The largest absolute Gasteiger partial charge is 0.379 e. The molecule has 7 nitrogen and oxygen atoms in total. The van der Waals surface area contributed by atoms with E-state index in [0.717, 1.165) is 55.6 Å². The Morgan fingerprint density at radius 1 is 1.00 bits per heavy atom. The summed E-state index contributed by atoms with van der Waals surface area (Å²) in [7, 11) is 0. The van der Waals surface area contributed by atoms with Gasteiger partial charge >= 0.3 is 0 Å². The second kappa shape index (κ2) is 9.28. The molecule has 3 heterocycles. The Balaban J connectivity index is 0.000000994. The van der Waals surface area contributed by atoms with Crippen LogP contribution in [0.15, 0.2) is 42.7 Å². The maximum atomic E-state index is 6.50. The average Bonchev–Trinajstić information content (AvgIpc) is 3.43. The number of nitrogens with one attached hydrogen (secondary N) is 1. The Morgan fingerprint density at radius 2 is 1.76 bits per heavy atom. The highest BCUT2D eigenvalue weighted by atomic mass is 16.5. The molecule has 2 aliphatic rings. The van der Waals surface area contributed by atoms with Gasteiger partial charge in [0.25, 0.3) is 0 Å². The summed E-state index contributed by atoms with van der Waals surface area (Å²) >= 11 is 0. The predicted molar refractivity (Wildman–Crippen MR) is 111 cm³/mol. The fourth-order valence-electron chi connectivity index (χ4n) is 4.12. The van der Waals surface area contributed by atoms with Crippen LogP contribution in [0, 0.1) is 0 Å². The molecule has 152 valence electrons. The van der Waals surface area contributed by atoms with E-state index in [1.807, 2.05) is 24.5 Å². The zero-order chi connectivity index (χ0) is 20.1. The van der Waals surface area contributed by atoms with Crippen molar-refractivity contribution in [3.8, 4) is 22.5 Å². The van der Waals surface area contributed by atoms with Gasteiger partial charge in [-0.1, -0.05) is 12.1 Å². The number of nitrogens with zero attached hydrogens (tertiary/aromatic N) is 3. The minimum atomic E-state index is 0.801. The highest BCUT2D eigenvalue weighted by molar-refractivity contribution is 5.78. The Bertz CT molecular complexity index is 936. The Kier molecular flexibility index (Phi) is 6.31. The number of hydrogen-bond donors (Lipinski definition) is 3. The van der Waals surface area contributed by atoms with Gasteiger partial charge in [-0.2, -0.15) is 0 Å². The highest BCUT2D eigenvalue weighted by Gasteiger charge is 2.19. The topological polar surface area (TPSA) is 100 Å². The number of ether oxygens (including phenoxy) is 1. The number of aryl methyl sites for hydroxylation is 2. The van der Waals surface area contributed by atoms with Gasteiger partial charge < -0.3 is 14.9 Å². The molecule has 29 heavy (non-hydrogen) atoms. The SMILES string of the molecule is NO.c1cc(-c2[nH]c(CN3CCOCC3)nc2-c2ccc3c(c2)CCC3)ccn1. The van der Waals surface area contributed by atoms with Crippen LogP contribution in [0.5, 0.6) is 0 Å². The van der Waals surface area contributed by atoms with Crippen molar-refractivity contribution in [2.75, 3.05) is 26.3 Å². The van der Waals surface area contributed by atoms with Gasteiger partial charge in [0, 0.05) is 36.6 Å². The van der Waals surface area contributed by atoms with E-state index in [1.165, 1.54) is 36.0 Å². The fourth-order valence-corrected chi connectivity index (χ4v) is 4.12. The number of hydrogen-bond acceptors (Lipinski definition) is 6. The van der Waals surface area contributed by atoms with Gasteiger partial charge in [-0.3, -0.25) is 9.88 Å². The molecule has 0 unspecified atom stereocenters. The molecule has 1 fully saturated rings. The maximum absolute atomic E-state index is 6.50. The molecule has 0 radical (unpaired) electrons. The summed E-state index contributed by atoms with van der Waals surface area (Å²) in [4.78, 5) is 15.2. The number of nitrogens with two attached hydrogens (primary N) is 1. The Hall–Kier alpha value is -2.58. The number of pyridine rings is 1. The van der Waals surface area contributed by atoms with Crippen molar-refractivity contribution >= 4 is 0 Å². The zero-order valence-corrected chi connectivity index (χ0v) is 16.5. The molecular formula is C22H27N5O2. The third kappa shape index (κ3) is 4.38. The van der Waals surface area contributed by atoms with Gasteiger partial charge in [0.1, 0.15) is 5.82 Å². The predicted octanol–water partition coefficient (Wildman–Crippen LogP) is 2.79. The summed E-state index contributed by atoms with van der Waals surface area (Å²) in [5.74, 6) is 4.51. The number of H-pyrrole nitrogens is 1. The molecule has 3 aromatic rings. The van der Waals surface area contributed by atoms with Crippen LogP contribution in [-0.2, 0) is 24.1 Å². The smallest absolute Gasteiger partial charge is 0.121 e. The first-order chi connectivity index (χ1) is 14.4. The van der Waals surface area contributed by atoms with E-state index < -0.39 is 0 Å². The van der Waals surface area contributed by atoms with E-state index in [2.05, 4.69) is 39.0 Å². The summed E-state index contributed by atoms with van der Waals surface area (Å²) in [6.45, 7) is 4.34. The van der Waals surface area contributed by atoms with E-state index in [1.54, 1.807) is 0 Å². The van der Waals surface area contributed by atoms with Crippen LogP contribution in [-0.4, -0.2) is 51.4 Å². The van der Waals surface area contributed by atoms with Gasteiger partial charge in [0.15, 0.2) is 0 Å². The molecule has 5 rings (SSSR count). The Labute approximate surface area is 170 Å². The number of rotatable bonds is 4. The van der Waals surface area contributed by atoms with Crippen molar-refractivity contribution in [1.29, 1.82) is 0 Å². The van der Waals surface area contributed by atoms with E-state index in [0.29, 0.717) is 0 Å². The van der Waals surface area contributed by atoms with Crippen molar-refractivity contribution < 1.29 is 9.94 Å². The van der Waals surface area contributed by atoms with Crippen LogP contribution in [0.1, 0.15) is 23.4 Å². The van der Waals surface area contributed by atoms with E-state index in [9.17, 15) is 0 Å². The van der Waals surface area contributed by atoms with Crippen molar-refractivity contribution in [2.24, 2.45) is 5.90 Å². The summed E-state index contributed by atoms with van der Waals surface area (Å²) in [5, 5.41) is 6.50. The summed E-state index contributed by atoms with van der Waals surface area (Å²) < 4.78 is 5.47. The molecule has 0 saturated carbocycles. The molecule has 4 N–H and O–H groups in total. The third-order valence-electron chi connectivity index (χ3n) is 5.57. The standard InChI is InChI=1S/C22H24N4O.H3NO/c1-2-16-4-5-19(14-18(16)3-1)22-21(17-6-8-23-9-7-17)24-20(25-22)15-26-10-12-27-13-11-26;1-2/h4-9,14H,1-3,10-13,15H2,(H,24,25);2H,1H2. The Morgan fingerprint density at radius 3 is 2.55 bits per heavy atom. The lowest BCUT2D eigenvalue weighted by molar-refractivity contribution is 0.0332. The maximum Gasteiger partial charge on any atom is 0.121 e. The molecular weight excluding hydrogens is 366 g/mol. The number of imidazole rings is 1. The van der Waals surface area contributed by atoms with Crippen LogP contribution in [0.3, 0.4) is 0 Å². The second-order valence-corrected chi connectivity index (χ2v) is 7.37. The molecule has 0 bridgehead atoms. The number of morpholine rings is 1. The van der Waals surface area contributed by atoms with Gasteiger partial charge in [0.2, 0.25) is 0 Å². The third-order valence-corrected chi connectivity index (χ3v) is 5.57. The van der Waals surface area contributed by atoms with E-state index in [4.69, 9.17) is 14.9 Å². The van der Waals surface area contributed by atoms with Crippen LogP contribution in [0.2, 0.25) is 0 Å². The summed E-state index contributed by atoms with van der Waals surface area (Å²) in [5.41, 5.74) is 7.42. The van der Waals surface area contributed by atoms with Gasteiger partial charge in [-0.25, -0.2) is 10.9 Å². The summed E-state index contributed by atoms with van der Waals surface area (Å²) in [6.07, 6.45) is 7.32. The lowest BCUT2D eigenvalue weighted by atomic mass is 10.0. The first-order valence-electron chi connectivity index (χ1n) is 10.0. The number of aromatic nitrogens is 3. The normalized spacial score (nSPS) is 16.2. The van der Waals surface area contributed by atoms with Crippen LogP contribution >= 0.6 is 0 Å². The summed E-state index contributed by atoms with van der Waals surface area (Å²) in [6, 6.07) is 10.9. The molecule has 1 aromatic carbocycles. The molecule has 1 aliphatic heterocycles. The fraction of sp³-hybridized carbons (Fsp3) is 0.364. The first-order valence-corrected chi connectivity index (χ1v) is 10.0. The number of benzene rings is 1. The first kappa shape index (κ1) is 19.7. The molecule has 1 aliphatic carbocycles. The molecule has 1 saturated heterocycles. The van der Waals surface area contributed by atoms with Crippen molar-refractivity contribution in [3.63, 3.8) is 0 Å².